The lowest BCUT2D eigenvalue weighted by Gasteiger charge is -2.20. The second kappa shape index (κ2) is 6.98. The molecule has 0 aliphatic heterocycles. The van der Waals surface area contributed by atoms with Gasteiger partial charge in [0.2, 0.25) is 0 Å². The molecule has 0 atom stereocenters. The summed E-state index contributed by atoms with van der Waals surface area (Å²) in [5.74, 6) is 0. The van der Waals surface area contributed by atoms with E-state index in [4.69, 9.17) is 4.74 Å². The van der Waals surface area contributed by atoms with E-state index in [0.717, 1.165) is 6.07 Å². The highest BCUT2D eigenvalue weighted by molar-refractivity contribution is 7.88. The predicted molar refractivity (Wildman–Crippen MR) is 81.3 cm³/mol. The Balaban J connectivity index is 2.84. The Hall–Kier alpha value is -1.81. The molecule has 0 spiro atoms. The van der Waals surface area contributed by atoms with Gasteiger partial charge in [-0.05, 0) is 39.3 Å². The van der Waals surface area contributed by atoms with Gasteiger partial charge in [-0.2, -0.15) is 26.3 Å². The van der Waals surface area contributed by atoms with Crippen molar-refractivity contribution in [1.29, 1.82) is 0 Å². The van der Waals surface area contributed by atoms with Crippen LogP contribution in [0.4, 0.5) is 18.0 Å². The molecule has 1 rings (SSSR count). The van der Waals surface area contributed by atoms with Gasteiger partial charge in [0.05, 0.1) is 5.56 Å². The molecule has 1 amide bonds. The van der Waals surface area contributed by atoms with E-state index in [2.05, 4.69) is 0 Å². The smallest absolute Gasteiger partial charge is 0.422 e. The molecule has 0 unspecified atom stereocenters. The van der Waals surface area contributed by atoms with Crippen LogP contribution in [0.3, 0.4) is 0 Å². The van der Waals surface area contributed by atoms with Crippen LogP contribution in [0.25, 0.3) is 0 Å². The normalized spacial score (nSPS) is 12.8. The molecule has 0 aromatic heterocycles. The average molecular weight is 368 g/mol. The topological polar surface area (TPSA) is 84.5 Å². The Labute approximate surface area is 138 Å². The lowest BCUT2D eigenvalue weighted by Crippen LogP contribution is -2.42. The van der Waals surface area contributed by atoms with Crippen molar-refractivity contribution in [2.45, 2.75) is 46.0 Å². The molecule has 1 aromatic carbocycles. The molecule has 0 saturated heterocycles. The number of hydrogen-bond acceptors (Lipinski definition) is 4. The molecule has 0 bridgehead atoms. The monoisotopic (exact) mass is 368 g/mol. The molecule has 0 fully saturated rings. The van der Waals surface area contributed by atoms with Crippen LogP contribution in [0.2, 0.25) is 0 Å². The highest BCUT2D eigenvalue weighted by Gasteiger charge is 2.33. The first-order valence-electron chi connectivity index (χ1n) is 6.87. The Bertz CT molecular complexity index is 710. The van der Waals surface area contributed by atoms with Crippen LogP contribution in [0.1, 0.15) is 37.5 Å². The van der Waals surface area contributed by atoms with Crippen LogP contribution in [0.5, 0.6) is 0 Å². The van der Waals surface area contributed by atoms with Gasteiger partial charge in [0.15, 0.2) is 0 Å². The molecule has 136 valence electrons. The summed E-state index contributed by atoms with van der Waals surface area (Å²) in [4.78, 5) is 11.4. The molecular formula is C14H19F3N2O4S. The molecule has 0 aliphatic carbocycles. The van der Waals surface area contributed by atoms with E-state index < -0.39 is 40.2 Å². The largest absolute Gasteiger partial charge is 0.443 e. The van der Waals surface area contributed by atoms with Crippen molar-refractivity contribution >= 4 is 16.3 Å². The van der Waals surface area contributed by atoms with Crippen LogP contribution in [-0.2, 0) is 27.7 Å². The van der Waals surface area contributed by atoms with Crippen molar-refractivity contribution < 1.29 is 31.1 Å². The SMILES string of the molecule is Cc1ccc(CNS(=O)(=O)NC(=O)OC(C)(C)C)c(C(F)(F)F)c1. The van der Waals surface area contributed by atoms with Gasteiger partial charge in [0.1, 0.15) is 5.60 Å². The second-order valence-electron chi connectivity index (χ2n) is 6.09. The summed E-state index contributed by atoms with van der Waals surface area (Å²) < 4.78 is 70.6. The molecule has 2 N–H and O–H groups in total. The van der Waals surface area contributed by atoms with Crippen molar-refractivity contribution in [1.82, 2.24) is 9.44 Å². The van der Waals surface area contributed by atoms with E-state index in [9.17, 15) is 26.4 Å². The highest BCUT2D eigenvalue weighted by atomic mass is 32.2. The summed E-state index contributed by atoms with van der Waals surface area (Å²) in [6, 6.07) is 3.53. The van der Waals surface area contributed by atoms with Crippen LogP contribution in [-0.4, -0.2) is 20.1 Å². The predicted octanol–water partition coefficient (Wildman–Crippen LogP) is 2.87. The maximum Gasteiger partial charge on any atom is 0.422 e. The van der Waals surface area contributed by atoms with Crippen molar-refractivity contribution in [3.63, 3.8) is 0 Å². The maximum absolute atomic E-state index is 13.0. The minimum Gasteiger partial charge on any atom is -0.443 e. The Morgan fingerprint density at radius 1 is 1.21 bits per heavy atom. The van der Waals surface area contributed by atoms with E-state index in [1.807, 2.05) is 4.72 Å². The first-order valence-corrected chi connectivity index (χ1v) is 8.35. The van der Waals surface area contributed by atoms with E-state index in [-0.39, 0.29) is 5.56 Å². The number of alkyl halides is 3. The number of nitrogens with one attached hydrogen (secondary N) is 2. The lowest BCUT2D eigenvalue weighted by molar-refractivity contribution is -0.138. The first-order chi connectivity index (χ1) is 10.7. The standard InChI is InChI=1S/C14H19F3N2O4S/c1-9-5-6-10(11(7-9)14(15,16)17)8-18-24(21,22)19-12(20)23-13(2,3)4/h5-7,18H,8H2,1-4H3,(H,19,20). The molecule has 0 radical (unpaired) electrons. The molecule has 0 saturated carbocycles. The fraction of sp³-hybridized carbons (Fsp3) is 0.500. The van der Waals surface area contributed by atoms with Crippen LogP contribution in [0, 0.1) is 6.92 Å². The maximum atomic E-state index is 13.0. The summed E-state index contributed by atoms with van der Waals surface area (Å²) in [6.45, 7) is 5.47. The number of aryl methyl sites for hydroxylation is 1. The number of amides is 1. The third kappa shape index (κ3) is 6.75. The van der Waals surface area contributed by atoms with Crippen LogP contribution < -0.4 is 9.44 Å². The quantitative estimate of drug-likeness (QED) is 0.856. The third-order valence-electron chi connectivity index (χ3n) is 2.64. The minimum atomic E-state index is -4.62. The van der Waals surface area contributed by atoms with Crippen molar-refractivity contribution in [3.05, 3.63) is 34.9 Å². The molecular weight excluding hydrogens is 349 g/mol. The molecule has 1 aromatic rings. The third-order valence-corrected chi connectivity index (χ3v) is 3.60. The van der Waals surface area contributed by atoms with Gasteiger partial charge in [0, 0.05) is 6.54 Å². The zero-order valence-corrected chi connectivity index (χ0v) is 14.4. The first kappa shape index (κ1) is 20.2. The summed E-state index contributed by atoms with van der Waals surface area (Å²) in [6.07, 6.45) is -5.85. The molecule has 24 heavy (non-hydrogen) atoms. The van der Waals surface area contributed by atoms with Crippen molar-refractivity contribution in [3.8, 4) is 0 Å². The number of ether oxygens (including phenoxy) is 1. The Kier molecular flexibility index (Phi) is 5.88. The summed E-state index contributed by atoms with van der Waals surface area (Å²) >= 11 is 0. The van der Waals surface area contributed by atoms with Gasteiger partial charge in [-0.15, -0.1) is 0 Å². The van der Waals surface area contributed by atoms with E-state index in [0.29, 0.717) is 5.56 Å². The van der Waals surface area contributed by atoms with Gasteiger partial charge in [0.25, 0.3) is 0 Å². The van der Waals surface area contributed by atoms with E-state index in [1.54, 1.807) is 4.72 Å². The number of benzene rings is 1. The Morgan fingerprint density at radius 3 is 2.29 bits per heavy atom. The highest BCUT2D eigenvalue weighted by Crippen LogP contribution is 2.32. The molecule has 0 heterocycles. The van der Waals surface area contributed by atoms with Gasteiger partial charge >= 0.3 is 22.5 Å². The average Bonchev–Trinajstić information content (AvgIpc) is 2.32. The fourth-order valence-corrected chi connectivity index (χ4v) is 2.40. The van der Waals surface area contributed by atoms with Crippen molar-refractivity contribution in [2.24, 2.45) is 0 Å². The van der Waals surface area contributed by atoms with E-state index >= 15 is 0 Å². The number of carbonyl (C=O) groups is 1. The summed E-state index contributed by atoms with van der Waals surface area (Å²) in [5.41, 5.74) is -1.73. The molecule has 10 heteroatoms. The van der Waals surface area contributed by atoms with E-state index in [1.165, 1.54) is 39.8 Å². The second-order valence-corrected chi connectivity index (χ2v) is 7.59. The zero-order valence-electron chi connectivity index (χ0n) is 13.6. The van der Waals surface area contributed by atoms with Gasteiger partial charge in [-0.1, -0.05) is 17.7 Å². The fourth-order valence-electron chi connectivity index (χ4n) is 1.73. The summed E-state index contributed by atoms with van der Waals surface area (Å²) in [7, 11) is -4.37. The van der Waals surface area contributed by atoms with Gasteiger partial charge in [-0.3, -0.25) is 0 Å². The zero-order chi connectivity index (χ0) is 18.8. The van der Waals surface area contributed by atoms with Crippen LogP contribution >= 0.6 is 0 Å². The Morgan fingerprint density at radius 2 is 1.79 bits per heavy atom. The molecule has 6 nitrogen and oxygen atoms in total. The number of rotatable bonds is 4. The lowest BCUT2D eigenvalue weighted by atomic mass is 10.0. The van der Waals surface area contributed by atoms with Gasteiger partial charge in [-0.25, -0.2) is 9.52 Å². The number of hydrogen-bond donors (Lipinski definition) is 2. The van der Waals surface area contributed by atoms with Gasteiger partial charge < -0.3 is 4.74 Å². The number of halogens is 3. The molecule has 0 aliphatic rings. The van der Waals surface area contributed by atoms with Crippen molar-refractivity contribution in [2.75, 3.05) is 0 Å². The van der Waals surface area contributed by atoms with Crippen LogP contribution in [0.15, 0.2) is 18.2 Å². The summed E-state index contributed by atoms with van der Waals surface area (Å²) in [5, 5.41) is 0. The minimum absolute atomic E-state index is 0.261. The number of carbonyl (C=O) groups excluding carboxylic acids is 1.